The summed E-state index contributed by atoms with van der Waals surface area (Å²) in [5, 5.41) is -0.729. The second-order valence-corrected chi connectivity index (χ2v) is 4.58. The lowest BCUT2D eigenvalue weighted by Crippen LogP contribution is -2.19. The molecule has 1 aromatic rings. The minimum Gasteiger partial charge on any atom is -0.370 e. The van der Waals surface area contributed by atoms with Crippen LogP contribution in [0.5, 0.6) is 0 Å². The van der Waals surface area contributed by atoms with Crippen LogP contribution in [0.25, 0.3) is 0 Å². The van der Waals surface area contributed by atoms with E-state index in [2.05, 4.69) is 4.74 Å². The Bertz CT molecular complexity index is 394. The Balaban J connectivity index is 2.70. The van der Waals surface area contributed by atoms with Crippen LogP contribution in [0.1, 0.15) is 22.1 Å². The van der Waals surface area contributed by atoms with Gasteiger partial charge in [0.15, 0.2) is 0 Å². The average Bonchev–Trinajstić information content (AvgIpc) is 2.13. The van der Waals surface area contributed by atoms with Crippen LogP contribution in [0.4, 0.5) is 17.6 Å². The highest BCUT2D eigenvalue weighted by Gasteiger charge is 2.28. The predicted octanol–water partition coefficient (Wildman–Crippen LogP) is 4.30. The molecule has 0 aliphatic heterocycles. The van der Waals surface area contributed by atoms with Gasteiger partial charge in [-0.15, -0.1) is 11.6 Å². The van der Waals surface area contributed by atoms with Crippen LogP contribution in [0.3, 0.4) is 0 Å². The van der Waals surface area contributed by atoms with Crippen molar-refractivity contribution in [3.05, 3.63) is 34.6 Å². The molecule has 0 aromatic heterocycles. The summed E-state index contributed by atoms with van der Waals surface area (Å²) < 4.78 is 53.3. The molecule has 0 bridgehead atoms. The molecule has 0 heterocycles. The van der Waals surface area contributed by atoms with E-state index in [1.165, 1.54) is 12.1 Å². The molecule has 1 unspecified atom stereocenters. The van der Waals surface area contributed by atoms with Gasteiger partial charge in [0.05, 0.1) is 12.0 Å². The highest BCUT2D eigenvalue weighted by Crippen LogP contribution is 2.29. The molecule has 1 aromatic carbocycles. The maximum atomic E-state index is 13.1. The molecule has 0 saturated heterocycles. The molecule has 1 nitrogen and oxygen atoms in total. The van der Waals surface area contributed by atoms with Gasteiger partial charge in [-0.3, -0.25) is 0 Å². The Morgan fingerprint density at radius 3 is 2.17 bits per heavy atom. The quantitative estimate of drug-likeness (QED) is 0.592. The van der Waals surface area contributed by atoms with Crippen LogP contribution >= 0.6 is 11.6 Å². The lowest BCUT2D eigenvalue weighted by atomic mass is 10.00. The van der Waals surface area contributed by atoms with Gasteiger partial charge in [-0.2, -0.15) is 13.2 Å². The first kappa shape index (κ1) is 15.2. The Kier molecular flexibility index (Phi) is 4.99. The van der Waals surface area contributed by atoms with Crippen molar-refractivity contribution in [2.24, 2.45) is 0 Å². The van der Waals surface area contributed by atoms with Crippen molar-refractivity contribution in [2.45, 2.75) is 25.4 Å². The summed E-state index contributed by atoms with van der Waals surface area (Å²) in [4.78, 5) is 0. The monoisotopic (exact) mass is 284 g/mol. The summed E-state index contributed by atoms with van der Waals surface area (Å²) in [6.45, 7) is 1.71. The van der Waals surface area contributed by atoms with Gasteiger partial charge >= 0.3 is 6.18 Å². The minimum absolute atomic E-state index is 0.269. The zero-order chi connectivity index (χ0) is 13.9. The van der Waals surface area contributed by atoms with Gasteiger partial charge in [0.1, 0.15) is 12.4 Å². The molecule has 1 atom stereocenters. The topological polar surface area (TPSA) is 9.23 Å². The zero-order valence-corrected chi connectivity index (χ0v) is 10.7. The number of aryl methyl sites for hydroxylation is 2. The van der Waals surface area contributed by atoms with E-state index < -0.39 is 24.0 Å². The largest absolute Gasteiger partial charge is 0.411 e. The number of hydrogen-bond acceptors (Lipinski definition) is 1. The first-order chi connectivity index (χ1) is 8.20. The molecule has 0 spiro atoms. The number of rotatable bonds is 4. The molecule has 102 valence electrons. The maximum absolute atomic E-state index is 13.1. The molecule has 0 aliphatic rings. The third-order valence-corrected chi connectivity index (χ3v) is 2.75. The highest BCUT2D eigenvalue weighted by atomic mass is 35.5. The van der Waals surface area contributed by atoms with Gasteiger partial charge in [0.25, 0.3) is 0 Å². The SMILES string of the molecule is Cc1cc(F)cc(C)c1C(Cl)COCC(F)(F)F. The normalized spacial score (nSPS) is 13.7. The summed E-state index contributed by atoms with van der Waals surface area (Å²) in [6.07, 6.45) is -4.37. The summed E-state index contributed by atoms with van der Waals surface area (Å²) in [6, 6.07) is 2.59. The van der Waals surface area contributed by atoms with E-state index >= 15 is 0 Å². The van der Waals surface area contributed by atoms with E-state index in [1.807, 2.05) is 0 Å². The van der Waals surface area contributed by atoms with Crippen molar-refractivity contribution in [1.82, 2.24) is 0 Å². The maximum Gasteiger partial charge on any atom is 0.411 e. The van der Waals surface area contributed by atoms with Gasteiger partial charge in [-0.1, -0.05) is 0 Å². The van der Waals surface area contributed by atoms with Gasteiger partial charge < -0.3 is 4.74 Å². The zero-order valence-electron chi connectivity index (χ0n) is 9.94. The third kappa shape index (κ3) is 4.46. The molecule has 0 radical (unpaired) electrons. The first-order valence-electron chi connectivity index (χ1n) is 5.26. The van der Waals surface area contributed by atoms with Crippen molar-refractivity contribution >= 4 is 11.6 Å². The molecule has 0 fully saturated rings. The molecule has 0 N–H and O–H groups in total. The Morgan fingerprint density at radius 2 is 1.72 bits per heavy atom. The molecular weight excluding hydrogens is 272 g/mol. The number of ether oxygens (including phenoxy) is 1. The number of halogens is 5. The smallest absolute Gasteiger partial charge is 0.370 e. The minimum atomic E-state index is -4.37. The van der Waals surface area contributed by atoms with Crippen LogP contribution < -0.4 is 0 Å². The molecule has 6 heteroatoms. The van der Waals surface area contributed by atoms with Crippen molar-refractivity contribution < 1.29 is 22.3 Å². The second kappa shape index (κ2) is 5.89. The van der Waals surface area contributed by atoms with Crippen LogP contribution in [-0.4, -0.2) is 19.4 Å². The van der Waals surface area contributed by atoms with E-state index in [-0.39, 0.29) is 6.61 Å². The second-order valence-electron chi connectivity index (χ2n) is 4.05. The summed E-state index contributed by atoms with van der Waals surface area (Å²) in [7, 11) is 0. The molecule has 18 heavy (non-hydrogen) atoms. The summed E-state index contributed by atoms with van der Waals surface area (Å²) in [5.74, 6) is -0.395. The van der Waals surface area contributed by atoms with Gasteiger partial charge in [-0.05, 0) is 42.7 Å². The Labute approximate surface area is 108 Å². The molecule has 0 amide bonds. The van der Waals surface area contributed by atoms with E-state index in [9.17, 15) is 17.6 Å². The van der Waals surface area contributed by atoms with E-state index in [0.29, 0.717) is 16.7 Å². The van der Waals surface area contributed by atoms with Crippen molar-refractivity contribution in [3.63, 3.8) is 0 Å². The standard InChI is InChI=1S/C12H13ClF4O/c1-7-3-9(14)4-8(2)11(7)10(13)5-18-6-12(15,16)17/h3-4,10H,5-6H2,1-2H3. The van der Waals surface area contributed by atoms with Gasteiger partial charge in [-0.25, -0.2) is 4.39 Å². The summed E-state index contributed by atoms with van der Waals surface area (Å²) >= 11 is 5.98. The number of benzene rings is 1. The lowest BCUT2D eigenvalue weighted by molar-refractivity contribution is -0.173. The predicted molar refractivity (Wildman–Crippen MR) is 61.3 cm³/mol. The average molecular weight is 285 g/mol. The molecule has 1 rings (SSSR count). The fourth-order valence-electron chi connectivity index (χ4n) is 1.78. The van der Waals surface area contributed by atoms with Crippen molar-refractivity contribution in [2.75, 3.05) is 13.2 Å². The van der Waals surface area contributed by atoms with E-state index in [0.717, 1.165) is 0 Å². The van der Waals surface area contributed by atoms with Crippen molar-refractivity contribution in [1.29, 1.82) is 0 Å². The lowest BCUT2D eigenvalue weighted by Gasteiger charge is -2.16. The number of hydrogen-bond donors (Lipinski definition) is 0. The fourth-order valence-corrected chi connectivity index (χ4v) is 2.21. The van der Waals surface area contributed by atoms with Gasteiger partial charge in [0, 0.05) is 0 Å². The van der Waals surface area contributed by atoms with E-state index in [4.69, 9.17) is 11.6 Å². The van der Waals surface area contributed by atoms with E-state index in [1.54, 1.807) is 13.8 Å². The third-order valence-electron chi connectivity index (χ3n) is 2.40. The van der Waals surface area contributed by atoms with Crippen LogP contribution in [0.15, 0.2) is 12.1 Å². The summed E-state index contributed by atoms with van der Waals surface area (Å²) in [5.41, 5.74) is 1.81. The Morgan fingerprint density at radius 1 is 1.22 bits per heavy atom. The molecular formula is C12H13ClF4O. The van der Waals surface area contributed by atoms with Crippen LogP contribution in [0.2, 0.25) is 0 Å². The van der Waals surface area contributed by atoms with Gasteiger partial charge in [0.2, 0.25) is 0 Å². The fraction of sp³-hybridized carbons (Fsp3) is 0.500. The van der Waals surface area contributed by atoms with Crippen LogP contribution in [0, 0.1) is 19.7 Å². The van der Waals surface area contributed by atoms with Crippen molar-refractivity contribution in [3.8, 4) is 0 Å². The van der Waals surface area contributed by atoms with Crippen LogP contribution in [-0.2, 0) is 4.74 Å². The molecule has 0 saturated carbocycles. The first-order valence-corrected chi connectivity index (χ1v) is 5.69. The highest BCUT2D eigenvalue weighted by molar-refractivity contribution is 6.21. The Hall–Kier alpha value is -0.810. The number of alkyl halides is 4. The molecule has 0 aliphatic carbocycles.